The highest BCUT2D eigenvalue weighted by Gasteiger charge is 2.48. The van der Waals surface area contributed by atoms with Crippen LogP contribution in [0.4, 0.5) is 0 Å². The largest absolute Gasteiger partial charge is 0.342 e. The summed E-state index contributed by atoms with van der Waals surface area (Å²) < 4.78 is 0. The second-order valence-corrected chi connectivity index (χ2v) is 7.57. The SMILES string of the molecule is Cc1cccc(CN2C(=O)CCC23CCN(C(=O)C2CC2)CC3)n1. The van der Waals surface area contributed by atoms with Crippen LogP contribution in [0.2, 0.25) is 0 Å². The Bertz CT molecular complexity index is 660. The topological polar surface area (TPSA) is 53.5 Å². The maximum absolute atomic E-state index is 12.5. The fourth-order valence-electron chi connectivity index (χ4n) is 4.23. The molecular formula is C19H25N3O2. The summed E-state index contributed by atoms with van der Waals surface area (Å²) in [6.45, 7) is 4.16. The molecular weight excluding hydrogens is 302 g/mol. The molecule has 1 spiro atoms. The van der Waals surface area contributed by atoms with Crippen molar-refractivity contribution < 1.29 is 9.59 Å². The number of aryl methyl sites for hydroxylation is 1. The van der Waals surface area contributed by atoms with Gasteiger partial charge < -0.3 is 9.80 Å². The van der Waals surface area contributed by atoms with Crippen LogP contribution in [0.25, 0.3) is 0 Å². The Morgan fingerprint density at radius 3 is 2.67 bits per heavy atom. The minimum atomic E-state index is -0.0666. The number of carbonyl (C=O) groups is 2. The minimum Gasteiger partial charge on any atom is -0.342 e. The molecule has 1 saturated carbocycles. The highest BCUT2D eigenvalue weighted by atomic mass is 16.2. The number of hydrogen-bond donors (Lipinski definition) is 0. The first-order valence-electron chi connectivity index (χ1n) is 9.09. The highest BCUT2D eigenvalue weighted by molar-refractivity contribution is 5.82. The van der Waals surface area contributed by atoms with Gasteiger partial charge in [0.25, 0.3) is 0 Å². The first kappa shape index (κ1) is 15.6. The predicted octanol–water partition coefficient (Wildman–Crippen LogP) is 2.28. The maximum atomic E-state index is 12.5. The van der Waals surface area contributed by atoms with Gasteiger partial charge in [0.1, 0.15) is 0 Å². The van der Waals surface area contributed by atoms with E-state index < -0.39 is 0 Å². The van der Waals surface area contributed by atoms with Gasteiger partial charge in [-0.05, 0) is 51.2 Å². The van der Waals surface area contributed by atoms with E-state index in [1.54, 1.807) is 0 Å². The van der Waals surface area contributed by atoms with Crippen LogP contribution >= 0.6 is 0 Å². The molecule has 0 atom stereocenters. The lowest BCUT2D eigenvalue weighted by Crippen LogP contribution is -2.54. The van der Waals surface area contributed by atoms with Gasteiger partial charge in [-0.1, -0.05) is 6.07 Å². The summed E-state index contributed by atoms with van der Waals surface area (Å²) in [5.41, 5.74) is 1.88. The first-order chi connectivity index (χ1) is 11.6. The molecule has 1 aromatic rings. The zero-order valence-corrected chi connectivity index (χ0v) is 14.3. The van der Waals surface area contributed by atoms with Gasteiger partial charge in [0.05, 0.1) is 12.2 Å². The summed E-state index contributed by atoms with van der Waals surface area (Å²) in [6.07, 6.45) is 5.48. The Kier molecular flexibility index (Phi) is 3.82. The molecule has 5 nitrogen and oxygen atoms in total. The summed E-state index contributed by atoms with van der Waals surface area (Å²) in [7, 11) is 0. The Morgan fingerprint density at radius 1 is 1.25 bits per heavy atom. The lowest BCUT2D eigenvalue weighted by Gasteiger charge is -2.45. The summed E-state index contributed by atoms with van der Waals surface area (Å²) in [5, 5.41) is 0. The lowest BCUT2D eigenvalue weighted by atomic mass is 9.84. The average Bonchev–Trinajstić information content (AvgIpc) is 3.39. The number of hydrogen-bond acceptors (Lipinski definition) is 3. The van der Waals surface area contributed by atoms with E-state index in [4.69, 9.17) is 0 Å². The van der Waals surface area contributed by atoms with Gasteiger partial charge in [0.15, 0.2) is 0 Å². The number of carbonyl (C=O) groups excluding carboxylic acids is 2. The van der Waals surface area contributed by atoms with Crippen molar-refractivity contribution in [3.8, 4) is 0 Å². The Hall–Kier alpha value is -1.91. The van der Waals surface area contributed by atoms with E-state index in [1.807, 2.05) is 34.9 Å². The zero-order chi connectivity index (χ0) is 16.7. The van der Waals surface area contributed by atoms with Gasteiger partial charge in [-0.2, -0.15) is 0 Å². The third kappa shape index (κ3) is 2.80. The van der Waals surface area contributed by atoms with Crippen molar-refractivity contribution in [1.29, 1.82) is 0 Å². The lowest BCUT2D eigenvalue weighted by molar-refractivity contribution is -0.138. The fourth-order valence-corrected chi connectivity index (χ4v) is 4.23. The number of amides is 2. The number of piperidine rings is 1. The van der Waals surface area contributed by atoms with E-state index in [1.165, 1.54) is 0 Å². The second-order valence-electron chi connectivity index (χ2n) is 7.57. The zero-order valence-electron chi connectivity index (χ0n) is 14.3. The van der Waals surface area contributed by atoms with Gasteiger partial charge in [-0.15, -0.1) is 0 Å². The van der Waals surface area contributed by atoms with Crippen LogP contribution in [0.3, 0.4) is 0 Å². The predicted molar refractivity (Wildman–Crippen MR) is 90.0 cm³/mol. The van der Waals surface area contributed by atoms with Crippen molar-refractivity contribution in [2.45, 2.75) is 57.5 Å². The van der Waals surface area contributed by atoms with Crippen LogP contribution in [0.1, 0.15) is 49.9 Å². The van der Waals surface area contributed by atoms with E-state index in [2.05, 4.69) is 4.98 Å². The third-order valence-electron chi connectivity index (χ3n) is 5.88. The molecule has 0 aromatic carbocycles. The van der Waals surface area contributed by atoms with Crippen LogP contribution < -0.4 is 0 Å². The van der Waals surface area contributed by atoms with Gasteiger partial charge in [0.2, 0.25) is 11.8 Å². The number of pyridine rings is 1. The number of rotatable bonds is 3. The quantitative estimate of drug-likeness (QED) is 0.856. The number of aromatic nitrogens is 1. The van der Waals surface area contributed by atoms with Crippen molar-refractivity contribution >= 4 is 11.8 Å². The molecule has 3 fully saturated rings. The smallest absolute Gasteiger partial charge is 0.225 e. The molecule has 0 unspecified atom stereocenters. The molecule has 0 radical (unpaired) electrons. The molecule has 3 heterocycles. The molecule has 1 aliphatic carbocycles. The van der Waals surface area contributed by atoms with Gasteiger partial charge in [0, 0.05) is 36.7 Å². The van der Waals surface area contributed by atoms with Crippen LogP contribution in [-0.4, -0.2) is 45.2 Å². The van der Waals surface area contributed by atoms with Crippen molar-refractivity contribution in [3.05, 3.63) is 29.6 Å². The molecule has 2 saturated heterocycles. The van der Waals surface area contributed by atoms with Crippen molar-refractivity contribution in [2.24, 2.45) is 5.92 Å². The summed E-state index contributed by atoms with van der Waals surface area (Å²) in [6, 6.07) is 5.98. The molecule has 2 amide bonds. The van der Waals surface area contributed by atoms with Gasteiger partial charge in [-0.25, -0.2) is 0 Å². The van der Waals surface area contributed by atoms with Crippen LogP contribution in [0.15, 0.2) is 18.2 Å². The summed E-state index contributed by atoms with van der Waals surface area (Å²) >= 11 is 0. The third-order valence-corrected chi connectivity index (χ3v) is 5.88. The summed E-state index contributed by atoms with van der Waals surface area (Å²) in [5.74, 6) is 0.859. The van der Waals surface area contributed by atoms with Crippen molar-refractivity contribution in [1.82, 2.24) is 14.8 Å². The Morgan fingerprint density at radius 2 is 2.00 bits per heavy atom. The van der Waals surface area contributed by atoms with Crippen molar-refractivity contribution in [3.63, 3.8) is 0 Å². The Balaban J connectivity index is 1.47. The van der Waals surface area contributed by atoms with Crippen LogP contribution in [-0.2, 0) is 16.1 Å². The van der Waals surface area contributed by atoms with Crippen LogP contribution in [0.5, 0.6) is 0 Å². The van der Waals surface area contributed by atoms with Crippen LogP contribution in [0, 0.1) is 12.8 Å². The molecule has 4 rings (SSSR count). The normalized spacial score (nSPS) is 23.1. The average molecular weight is 327 g/mol. The maximum Gasteiger partial charge on any atom is 0.225 e. The summed E-state index contributed by atoms with van der Waals surface area (Å²) in [4.78, 5) is 33.4. The Labute approximate surface area is 143 Å². The molecule has 0 N–H and O–H groups in total. The fraction of sp³-hybridized carbons (Fsp3) is 0.632. The van der Waals surface area contributed by atoms with E-state index in [0.717, 1.165) is 56.6 Å². The van der Waals surface area contributed by atoms with Crippen molar-refractivity contribution in [2.75, 3.05) is 13.1 Å². The molecule has 128 valence electrons. The van der Waals surface area contributed by atoms with E-state index in [9.17, 15) is 9.59 Å². The molecule has 3 aliphatic rings. The second kappa shape index (κ2) is 5.87. The number of nitrogens with zero attached hydrogens (tertiary/aromatic N) is 3. The standard InChI is InChI=1S/C19H25N3O2/c1-14-3-2-4-16(20-14)13-22-17(23)7-8-19(22)9-11-21(12-10-19)18(24)15-5-6-15/h2-4,15H,5-13H2,1H3. The molecule has 24 heavy (non-hydrogen) atoms. The molecule has 1 aromatic heterocycles. The minimum absolute atomic E-state index is 0.0666. The number of likely N-dealkylation sites (tertiary alicyclic amines) is 2. The molecule has 0 bridgehead atoms. The van der Waals surface area contributed by atoms with E-state index in [0.29, 0.717) is 18.9 Å². The van der Waals surface area contributed by atoms with E-state index in [-0.39, 0.29) is 17.4 Å². The monoisotopic (exact) mass is 327 g/mol. The highest BCUT2D eigenvalue weighted by Crippen LogP contribution is 2.41. The first-order valence-corrected chi connectivity index (χ1v) is 9.09. The molecule has 2 aliphatic heterocycles. The molecule has 5 heteroatoms. The van der Waals surface area contributed by atoms with Gasteiger partial charge in [-0.3, -0.25) is 14.6 Å². The van der Waals surface area contributed by atoms with E-state index >= 15 is 0 Å². The van der Waals surface area contributed by atoms with Gasteiger partial charge >= 0.3 is 0 Å².